The van der Waals surface area contributed by atoms with Crippen LogP contribution in [0.4, 0.5) is 22.6 Å². The molecule has 11 heteroatoms. The van der Waals surface area contributed by atoms with E-state index >= 15 is 0 Å². The van der Waals surface area contributed by atoms with Gasteiger partial charge < -0.3 is 10.1 Å². The number of rotatable bonds is 7. The SMILES string of the molecule is CCOC(=O)c1c(NC(=O)C(C)n2nc(C(F)F)cc2C(F)F)sc2c1CCCC2. The number of carbonyl (C=O) groups is 2. The highest BCUT2D eigenvalue weighted by molar-refractivity contribution is 7.17. The van der Waals surface area contributed by atoms with E-state index in [2.05, 4.69) is 10.4 Å². The number of aryl methyl sites for hydroxylation is 1. The molecule has 0 aromatic carbocycles. The van der Waals surface area contributed by atoms with Gasteiger partial charge in [0.1, 0.15) is 22.4 Å². The van der Waals surface area contributed by atoms with Gasteiger partial charge in [-0.25, -0.2) is 22.4 Å². The summed E-state index contributed by atoms with van der Waals surface area (Å²) in [7, 11) is 0. The fourth-order valence-electron chi connectivity index (χ4n) is 3.41. The molecule has 0 bridgehead atoms. The Balaban J connectivity index is 1.91. The van der Waals surface area contributed by atoms with Crippen LogP contribution in [0.5, 0.6) is 0 Å². The number of alkyl halides is 4. The topological polar surface area (TPSA) is 73.2 Å². The van der Waals surface area contributed by atoms with Crippen LogP contribution in [-0.4, -0.2) is 28.3 Å². The quantitative estimate of drug-likeness (QED) is 0.475. The van der Waals surface area contributed by atoms with E-state index in [9.17, 15) is 27.2 Å². The molecule has 3 rings (SSSR count). The Hall–Kier alpha value is -2.43. The first-order chi connectivity index (χ1) is 14.2. The van der Waals surface area contributed by atoms with Crippen LogP contribution in [-0.2, 0) is 22.4 Å². The van der Waals surface area contributed by atoms with E-state index in [4.69, 9.17) is 4.74 Å². The van der Waals surface area contributed by atoms with E-state index in [1.807, 2.05) is 0 Å². The third kappa shape index (κ3) is 4.35. The van der Waals surface area contributed by atoms with Crippen LogP contribution in [0.3, 0.4) is 0 Å². The average Bonchev–Trinajstić information content (AvgIpc) is 3.29. The third-order valence-corrected chi connectivity index (χ3v) is 6.07. The lowest BCUT2D eigenvalue weighted by Crippen LogP contribution is -2.26. The van der Waals surface area contributed by atoms with E-state index < -0.39 is 42.2 Å². The zero-order chi connectivity index (χ0) is 22.0. The maximum Gasteiger partial charge on any atom is 0.341 e. The smallest absolute Gasteiger partial charge is 0.341 e. The molecule has 6 nitrogen and oxygen atoms in total. The molecule has 1 unspecified atom stereocenters. The minimum atomic E-state index is -3.08. The summed E-state index contributed by atoms with van der Waals surface area (Å²) in [5.74, 6) is -1.31. The van der Waals surface area contributed by atoms with Gasteiger partial charge in [0.05, 0.1) is 12.2 Å². The number of ether oxygens (including phenoxy) is 1. The van der Waals surface area contributed by atoms with Gasteiger partial charge in [0.2, 0.25) is 5.91 Å². The molecule has 0 saturated heterocycles. The van der Waals surface area contributed by atoms with Crippen molar-refractivity contribution in [2.24, 2.45) is 0 Å². The molecule has 1 aliphatic carbocycles. The van der Waals surface area contributed by atoms with Gasteiger partial charge >= 0.3 is 5.97 Å². The number of halogens is 4. The molecule has 2 aromatic rings. The van der Waals surface area contributed by atoms with Gasteiger partial charge in [0, 0.05) is 4.88 Å². The van der Waals surface area contributed by atoms with Crippen LogP contribution in [0, 0.1) is 0 Å². The molecule has 0 radical (unpaired) electrons. The van der Waals surface area contributed by atoms with Crippen LogP contribution in [0.25, 0.3) is 0 Å². The van der Waals surface area contributed by atoms with Gasteiger partial charge in [0.15, 0.2) is 0 Å². The number of esters is 1. The van der Waals surface area contributed by atoms with Gasteiger partial charge in [-0.15, -0.1) is 11.3 Å². The Morgan fingerprint density at radius 3 is 2.57 bits per heavy atom. The zero-order valence-electron chi connectivity index (χ0n) is 16.4. The summed E-state index contributed by atoms with van der Waals surface area (Å²) in [6.07, 6.45) is -2.81. The number of fused-ring (bicyclic) bond motifs is 1. The molecular weight excluding hydrogens is 426 g/mol. The lowest BCUT2D eigenvalue weighted by Gasteiger charge is -2.16. The van der Waals surface area contributed by atoms with Crippen LogP contribution in [0.15, 0.2) is 6.07 Å². The molecule has 0 saturated carbocycles. The molecule has 164 valence electrons. The maximum absolute atomic E-state index is 13.3. The van der Waals surface area contributed by atoms with Crippen molar-refractivity contribution in [3.63, 3.8) is 0 Å². The number of aromatic nitrogens is 2. The van der Waals surface area contributed by atoms with Crippen molar-refractivity contribution in [1.29, 1.82) is 0 Å². The van der Waals surface area contributed by atoms with Gasteiger partial charge in [-0.3, -0.25) is 9.48 Å². The monoisotopic (exact) mass is 447 g/mol. The van der Waals surface area contributed by atoms with Crippen molar-refractivity contribution in [3.8, 4) is 0 Å². The summed E-state index contributed by atoms with van der Waals surface area (Å²) in [5, 5.41) is 6.35. The first-order valence-corrected chi connectivity index (χ1v) is 10.3. The lowest BCUT2D eigenvalue weighted by atomic mass is 9.95. The van der Waals surface area contributed by atoms with E-state index in [-0.39, 0.29) is 17.2 Å². The fourth-order valence-corrected chi connectivity index (χ4v) is 4.69. The Morgan fingerprint density at radius 1 is 1.23 bits per heavy atom. The van der Waals surface area contributed by atoms with Crippen molar-refractivity contribution < 1.29 is 31.9 Å². The van der Waals surface area contributed by atoms with Crippen molar-refractivity contribution >= 4 is 28.2 Å². The van der Waals surface area contributed by atoms with Crippen LogP contribution in [0.1, 0.15) is 77.8 Å². The van der Waals surface area contributed by atoms with Crippen molar-refractivity contribution in [2.75, 3.05) is 11.9 Å². The normalized spacial score (nSPS) is 14.7. The average molecular weight is 447 g/mol. The first kappa shape index (κ1) is 22.3. The van der Waals surface area contributed by atoms with Crippen molar-refractivity contribution in [2.45, 2.75) is 58.4 Å². The van der Waals surface area contributed by atoms with Crippen LogP contribution in [0.2, 0.25) is 0 Å². The van der Waals surface area contributed by atoms with E-state index in [0.29, 0.717) is 17.2 Å². The lowest BCUT2D eigenvalue weighted by molar-refractivity contribution is -0.119. The molecule has 2 aromatic heterocycles. The second-order valence-corrected chi connectivity index (χ2v) is 7.95. The Kier molecular flexibility index (Phi) is 6.79. The minimum absolute atomic E-state index is 0.161. The summed E-state index contributed by atoms with van der Waals surface area (Å²) < 4.78 is 58.1. The number of anilines is 1. The predicted octanol–water partition coefficient (Wildman–Crippen LogP) is 5.08. The highest BCUT2D eigenvalue weighted by atomic mass is 32.1. The minimum Gasteiger partial charge on any atom is -0.462 e. The van der Waals surface area contributed by atoms with Gasteiger partial charge in [-0.05, 0) is 51.2 Å². The maximum atomic E-state index is 13.3. The number of amides is 1. The van der Waals surface area contributed by atoms with E-state index in [0.717, 1.165) is 29.7 Å². The van der Waals surface area contributed by atoms with E-state index in [1.54, 1.807) is 6.92 Å². The second kappa shape index (κ2) is 9.15. The largest absolute Gasteiger partial charge is 0.462 e. The number of hydrogen-bond acceptors (Lipinski definition) is 5. The number of nitrogens with one attached hydrogen (secondary N) is 1. The highest BCUT2D eigenvalue weighted by Crippen LogP contribution is 2.39. The summed E-state index contributed by atoms with van der Waals surface area (Å²) in [5.41, 5.74) is -0.493. The molecule has 2 heterocycles. The molecule has 1 N–H and O–H groups in total. The summed E-state index contributed by atoms with van der Waals surface area (Å²) >= 11 is 1.25. The van der Waals surface area contributed by atoms with Gasteiger partial charge in [-0.1, -0.05) is 0 Å². The second-order valence-electron chi connectivity index (χ2n) is 6.84. The van der Waals surface area contributed by atoms with Gasteiger partial charge in [-0.2, -0.15) is 5.10 Å². The fraction of sp³-hybridized carbons (Fsp3) is 0.526. The van der Waals surface area contributed by atoms with Crippen molar-refractivity contribution in [3.05, 3.63) is 33.5 Å². The number of carbonyl (C=O) groups excluding carboxylic acids is 2. The Labute approximate surface area is 174 Å². The molecule has 1 aliphatic rings. The number of hydrogen-bond donors (Lipinski definition) is 1. The summed E-state index contributed by atoms with van der Waals surface area (Å²) in [4.78, 5) is 26.2. The molecule has 0 fully saturated rings. The predicted molar refractivity (Wildman–Crippen MR) is 102 cm³/mol. The summed E-state index contributed by atoms with van der Waals surface area (Å²) in [6.45, 7) is 3.11. The molecule has 1 amide bonds. The highest BCUT2D eigenvalue weighted by Gasteiger charge is 2.30. The van der Waals surface area contributed by atoms with Crippen LogP contribution < -0.4 is 5.32 Å². The molecular formula is C19H21F4N3O3S. The first-order valence-electron chi connectivity index (χ1n) is 9.52. The molecule has 0 spiro atoms. The third-order valence-electron chi connectivity index (χ3n) is 4.86. The Morgan fingerprint density at radius 2 is 1.93 bits per heavy atom. The van der Waals surface area contributed by atoms with Crippen molar-refractivity contribution in [1.82, 2.24) is 9.78 Å². The Bertz CT molecular complexity index is 942. The van der Waals surface area contributed by atoms with Gasteiger partial charge in [0.25, 0.3) is 12.9 Å². The number of thiophene rings is 1. The summed E-state index contributed by atoms with van der Waals surface area (Å²) in [6, 6.07) is -0.705. The molecule has 0 aliphatic heterocycles. The van der Waals surface area contributed by atoms with E-state index in [1.165, 1.54) is 18.3 Å². The number of nitrogens with zero attached hydrogens (tertiary/aromatic N) is 2. The standard InChI is InChI=1S/C19H21F4N3O3S/c1-3-29-19(28)14-10-6-4-5-7-13(10)30-18(14)24-17(27)9(2)26-12(16(22)23)8-11(25-26)15(20)21/h8-9,15-16H,3-7H2,1-2H3,(H,24,27). The zero-order valence-corrected chi connectivity index (χ0v) is 17.2. The molecule has 1 atom stereocenters. The molecule has 30 heavy (non-hydrogen) atoms. The van der Waals surface area contributed by atoms with Crippen LogP contribution >= 0.6 is 11.3 Å².